The van der Waals surface area contributed by atoms with Crippen molar-refractivity contribution in [3.05, 3.63) is 36.9 Å². The molecule has 0 aliphatic carbocycles. The van der Waals surface area contributed by atoms with Crippen LogP contribution >= 0.6 is 0 Å². The first-order chi connectivity index (χ1) is 14.2. The lowest BCUT2D eigenvalue weighted by Crippen LogP contribution is -2.44. The molecule has 0 aliphatic heterocycles. The molecule has 9 heteroatoms. The number of nitrogen functional groups attached to an aromatic ring is 2. The summed E-state index contributed by atoms with van der Waals surface area (Å²) in [4.78, 5) is 4.50. The molecular formula is C21H34N7O2+. The van der Waals surface area contributed by atoms with Gasteiger partial charge in [0, 0.05) is 20.2 Å². The Hall–Kier alpha value is -3.17. The van der Waals surface area contributed by atoms with Gasteiger partial charge in [-0.25, -0.2) is 14.6 Å². The Balaban J connectivity index is 3.00. The predicted molar refractivity (Wildman–Crippen MR) is 125 cm³/mol. The van der Waals surface area contributed by atoms with Crippen molar-refractivity contribution >= 4 is 34.8 Å². The van der Waals surface area contributed by atoms with Gasteiger partial charge in [0.2, 0.25) is 0 Å². The van der Waals surface area contributed by atoms with Crippen LogP contribution in [0.1, 0.15) is 6.92 Å². The third-order valence-electron chi connectivity index (χ3n) is 4.08. The fraction of sp³-hybridized carbons (Fsp3) is 0.381. The third-order valence-corrected chi connectivity index (χ3v) is 4.08. The largest absolute Gasteiger partial charge is 0.489 e. The van der Waals surface area contributed by atoms with Crippen molar-refractivity contribution < 1.29 is 14.4 Å². The number of anilines is 2. The number of hydrazine groups is 1. The van der Waals surface area contributed by atoms with Crippen LogP contribution in [0.15, 0.2) is 41.9 Å². The van der Waals surface area contributed by atoms with Crippen molar-refractivity contribution in [1.82, 2.24) is 10.0 Å². The van der Waals surface area contributed by atoms with Crippen LogP contribution in [0, 0.1) is 5.41 Å². The molecule has 6 N–H and O–H groups in total. The van der Waals surface area contributed by atoms with E-state index < -0.39 is 0 Å². The fourth-order valence-corrected chi connectivity index (χ4v) is 2.51. The maximum absolute atomic E-state index is 8.95. The Morgan fingerprint density at radius 1 is 1.30 bits per heavy atom. The van der Waals surface area contributed by atoms with Gasteiger partial charge in [0.1, 0.15) is 19.4 Å². The Bertz CT molecular complexity index is 829. The summed E-state index contributed by atoms with van der Waals surface area (Å²) in [6, 6.07) is 3.18. The minimum atomic E-state index is -0.126. The molecule has 0 saturated heterocycles. The van der Waals surface area contributed by atoms with Crippen LogP contribution in [0.5, 0.6) is 5.75 Å². The molecule has 0 unspecified atom stereocenters. The number of nitrogens with zero attached hydrogens (tertiary/aromatic N) is 4. The lowest BCUT2D eigenvalue weighted by molar-refractivity contribution is -0.480. The molecule has 0 atom stereocenters. The number of aliphatic imine (C=N–C) groups is 1. The minimum absolute atomic E-state index is 0.118. The monoisotopic (exact) mass is 416 g/mol. The molecule has 1 rings (SSSR count). The summed E-state index contributed by atoms with van der Waals surface area (Å²) in [7, 11) is 5.70. The number of benzene rings is 1. The fourth-order valence-electron chi connectivity index (χ4n) is 2.51. The van der Waals surface area contributed by atoms with Crippen molar-refractivity contribution in [2.24, 2.45) is 4.99 Å². The molecule has 9 nitrogen and oxygen atoms in total. The average Bonchev–Trinajstić information content (AvgIpc) is 2.68. The van der Waals surface area contributed by atoms with Gasteiger partial charge < -0.3 is 21.3 Å². The number of nitrogens with one attached hydrogen (secondary N) is 1. The number of likely N-dealkylation sites (N-methyl/N-ethyl adjacent to an activating group) is 1. The van der Waals surface area contributed by atoms with Crippen molar-refractivity contribution in [3.63, 3.8) is 0 Å². The second-order valence-corrected chi connectivity index (χ2v) is 6.79. The molecule has 0 aromatic heterocycles. The molecule has 0 fully saturated rings. The normalized spacial score (nSPS) is 12.5. The highest BCUT2D eigenvalue weighted by Crippen LogP contribution is 2.33. The van der Waals surface area contributed by atoms with Crippen molar-refractivity contribution in [2.45, 2.75) is 6.92 Å². The van der Waals surface area contributed by atoms with E-state index in [0.29, 0.717) is 35.1 Å². The van der Waals surface area contributed by atoms with E-state index in [9.17, 15) is 0 Å². The number of ether oxygens (including phenoxy) is 1. The maximum atomic E-state index is 8.95. The van der Waals surface area contributed by atoms with Gasteiger partial charge in [-0.2, -0.15) is 0 Å². The first kappa shape index (κ1) is 24.9. The zero-order chi connectivity index (χ0) is 22.7. The van der Waals surface area contributed by atoms with Gasteiger partial charge in [-0.15, -0.1) is 0 Å². The van der Waals surface area contributed by atoms with E-state index >= 15 is 0 Å². The van der Waals surface area contributed by atoms with E-state index in [0.717, 1.165) is 6.54 Å². The predicted octanol–water partition coefficient (Wildman–Crippen LogP) is 1.53. The zero-order valence-electron chi connectivity index (χ0n) is 18.3. The lowest BCUT2D eigenvalue weighted by Gasteiger charge is -2.30. The first-order valence-electron chi connectivity index (χ1n) is 9.54. The summed E-state index contributed by atoms with van der Waals surface area (Å²) < 4.78 is 7.42. The Morgan fingerprint density at radius 2 is 2.00 bits per heavy atom. The summed E-state index contributed by atoms with van der Waals surface area (Å²) in [5.41, 5.74) is 13.6. The number of hydrogen-bond acceptors (Lipinski definition) is 7. The topological polar surface area (TPSA) is 127 Å². The van der Waals surface area contributed by atoms with E-state index in [2.05, 4.69) is 11.6 Å². The van der Waals surface area contributed by atoms with E-state index in [4.69, 9.17) is 26.7 Å². The minimum Gasteiger partial charge on any atom is -0.489 e. The molecule has 0 amide bonds. The van der Waals surface area contributed by atoms with Gasteiger partial charge in [0.05, 0.1) is 35.9 Å². The quantitative estimate of drug-likeness (QED) is 0.108. The van der Waals surface area contributed by atoms with Gasteiger partial charge in [0.25, 0.3) is 0 Å². The van der Waals surface area contributed by atoms with Crippen LogP contribution in [0.4, 0.5) is 17.1 Å². The molecule has 164 valence electrons. The number of nitrogens with two attached hydrogens (primary N) is 2. The number of aliphatic hydroxyl groups is 1. The number of aliphatic hydroxyl groups excluding tert-OH is 1. The molecular weight excluding hydrogens is 382 g/mol. The molecule has 30 heavy (non-hydrogen) atoms. The molecule has 0 radical (unpaired) electrons. The summed E-state index contributed by atoms with van der Waals surface area (Å²) >= 11 is 0. The maximum Gasteiger partial charge on any atom is 0.162 e. The van der Waals surface area contributed by atoms with Gasteiger partial charge in [-0.3, -0.25) is 10.4 Å². The Morgan fingerprint density at radius 3 is 2.60 bits per heavy atom. The van der Waals surface area contributed by atoms with E-state index in [1.165, 1.54) is 0 Å². The standard InChI is InChI=1S/C21H34N7O2/c1-6-9-27(5)10-7-8-11-28(26(3)4)21(24)16(2)25-19-15-20(30-13-12-29)18(23)14-17(19)22/h6-9,14-15,24,29H,1,10-13,22-23H2,2-5H3/q+1. The van der Waals surface area contributed by atoms with Crippen LogP contribution in [0.3, 0.4) is 0 Å². The highest BCUT2D eigenvalue weighted by molar-refractivity contribution is 6.39. The molecule has 0 aliphatic rings. The van der Waals surface area contributed by atoms with Gasteiger partial charge >= 0.3 is 0 Å². The van der Waals surface area contributed by atoms with Crippen LogP contribution in [-0.4, -0.2) is 84.9 Å². The highest BCUT2D eigenvalue weighted by atomic mass is 16.5. The summed E-state index contributed by atoms with van der Waals surface area (Å²) in [5, 5.41) is 21.1. The summed E-state index contributed by atoms with van der Waals surface area (Å²) in [6.07, 6.45) is 7.65. The zero-order valence-corrected chi connectivity index (χ0v) is 18.3. The third kappa shape index (κ3) is 7.69. The molecule has 0 spiro atoms. The molecule has 1 aromatic carbocycles. The second-order valence-electron chi connectivity index (χ2n) is 6.79. The van der Waals surface area contributed by atoms with Crippen LogP contribution in [0.2, 0.25) is 0 Å². The molecule has 0 bridgehead atoms. The molecule has 0 heterocycles. The summed E-state index contributed by atoms with van der Waals surface area (Å²) in [5.74, 6) is 0.633. The number of hydrogen-bond donors (Lipinski definition) is 4. The number of amidine groups is 1. The smallest absolute Gasteiger partial charge is 0.162 e. The lowest BCUT2D eigenvalue weighted by atomic mass is 10.2. The van der Waals surface area contributed by atoms with E-state index in [1.54, 1.807) is 30.1 Å². The number of rotatable bonds is 11. The summed E-state index contributed by atoms with van der Waals surface area (Å²) in [6.45, 7) is 6.68. The van der Waals surface area contributed by atoms with E-state index in [1.807, 2.05) is 49.1 Å². The van der Waals surface area contributed by atoms with Crippen LogP contribution in [0.25, 0.3) is 0 Å². The highest BCUT2D eigenvalue weighted by Gasteiger charge is 2.15. The SMILES string of the molecule is C=CC=[N+](C)CC=CCN(C(=N)C(C)=Nc1cc(OCCO)c(N)cc1N)N(C)C. The van der Waals surface area contributed by atoms with E-state index in [-0.39, 0.29) is 19.0 Å². The average molecular weight is 417 g/mol. The first-order valence-corrected chi connectivity index (χ1v) is 9.54. The van der Waals surface area contributed by atoms with Gasteiger partial charge in [-0.05, 0) is 25.1 Å². The molecule has 1 aromatic rings. The number of allylic oxidation sites excluding steroid dienone is 1. The van der Waals surface area contributed by atoms with Crippen molar-refractivity contribution in [1.29, 1.82) is 5.41 Å². The van der Waals surface area contributed by atoms with Gasteiger partial charge in [0.15, 0.2) is 18.6 Å². The van der Waals surface area contributed by atoms with Crippen molar-refractivity contribution in [2.75, 3.05) is 58.9 Å². The molecule has 0 saturated carbocycles. The Labute approximate surface area is 178 Å². The van der Waals surface area contributed by atoms with Crippen LogP contribution < -0.4 is 16.2 Å². The van der Waals surface area contributed by atoms with Gasteiger partial charge in [-0.1, -0.05) is 12.7 Å². The Kier molecular flexibility index (Phi) is 10.3. The van der Waals surface area contributed by atoms with Crippen LogP contribution in [-0.2, 0) is 0 Å². The second kappa shape index (κ2) is 12.4. The van der Waals surface area contributed by atoms with Crippen molar-refractivity contribution in [3.8, 4) is 5.75 Å².